The highest BCUT2D eigenvalue weighted by Crippen LogP contribution is 2.40. The molecule has 1 amide bonds. The van der Waals surface area contributed by atoms with Crippen LogP contribution in [0.25, 0.3) is 15.8 Å². The van der Waals surface area contributed by atoms with Gasteiger partial charge in [-0.05, 0) is 56.2 Å². The molecule has 2 aromatic heterocycles. The smallest absolute Gasteiger partial charge is 0.231 e. The summed E-state index contributed by atoms with van der Waals surface area (Å²) in [7, 11) is 0. The number of rotatable bonds is 11. The lowest BCUT2D eigenvalue weighted by Gasteiger charge is -2.18. The van der Waals surface area contributed by atoms with E-state index in [1.807, 2.05) is 11.0 Å². The van der Waals surface area contributed by atoms with Crippen LogP contribution in [0.4, 0.5) is 10.1 Å². The summed E-state index contributed by atoms with van der Waals surface area (Å²) < 4.78 is 21.5. The average Bonchev–Trinajstić information content (AvgIpc) is 3.25. The Bertz CT molecular complexity index is 1270. The van der Waals surface area contributed by atoms with Crippen LogP contribution in [0.15, 0.2) is 55.5 Å². The van der Waals surface area contributed by atoms with Gasteiger partial charge in [0.05, 0.1) is 16.6 Å². The number of nitrogens with one attached hydrogen (secondary N) is 1. The molecule has 1 aromatic carbocycles. The van der Waals surface area contributed by atoms with Crippen molar-refractivity contribution >= 4 is 44.5 Å². The molecular formula is C27H30FN3O3S. The number of thiophene rings is 1. The third-order valence-corrected chi connectivity index (χ3v) is 6.74. The summed E-state index contributed by atoms with van der Waals surface area (Å²) in [5.41, 5.74) is 2.21. The minimum absolute atomic E-state index is 0.0264. The molecule has 0 bridgehead atoms. The first kappa shape index (κ1) is 26.1. The zero-order valence-electron chi connectivity index (χ0n) is 20.4. The van der Waals surface area contributed by atoms with Crippen molar-refractivity contribution in [3.63, 3.8) is 0 Å². The highest BCUT2D eigenvalue weighted by Gasteiger charge is 2.18. The first-order valence-electron chi connectivity index (χ1n) is 11.5. The zero-order valence-corrected chi connectivity index (χ0v) is 21.2. The summed E-state index contributed by atoms with van der Waals surface area (Å²) in [4.78, 5) is 30.5. The number of aromatic nitrogens is 1. The molecular weight excluding hydrogens is 465 g/mol. The van der Waals surface area contributed by atoms with Crippen LogP contribution in [0.2, 0.25) is 0 Å². The normalized spacial score (nSPS) is 12.3. The van der Waals surface area contributed by atoms with E-state index in [4.69, 9.17) is 4.74 Å². The molecule has 6 nitrogen and oxygen atoms in total. The number of Topliss-reactive ketones (excluding diaryl/α,β-unsaturated/α-hetero) is 1. The molecule has 3 aromatic rings. The van der Waals surface area contributed by atoms with Gasteiger partial charge >= 0.3 is 0 Å². The number of carbonyl (C=O) groups is 2. The van der Waals surface area contributed by atoms with E-state index >= 15 is 0 Å². The molecule has 0 radical (unpaired) electrons. The van der Waals surface area contributed by atoms with Gasteiger partial charge in [-0.15, -0.1) is 11.3 Å². The number of allylic oxidation sites excluding steroid dienone is 1. The Morgan fingerprint density at radius 1 is 1.26 bits per heavy atom. The third kappa shape index (κ3) is 6.54. The molecule has 1 N–H and O–H groups in total. The number of fused-ring (bicyclic) bond motifs is 1. The van der Waals surface area contributed by atoms with E-state index in [-0.39, 0.29) is 23.6 Å². The highest BCUT2D eigenvalue weighted by molar-refractivity contribution is 7.20. The van der Waals surface area contributed by atoms with Gasteiger partial charge in [-0.25, -0.2) is 4.39 Å². The molecule has 0 spiro atoms. The molecule has 0 aliphatic carbocycles. The largest absolute Gasteiger partial charge is 0.453 e. The number of ether oxygens (including phenoxy) is 1. The van der Waals surface area contributed by atoms with Crippen LogP contribution in [0.5, 0.6) is 11.5 Å². The number of benzene rings is 1. The molecule has 35 heavy (non-hydrogen) atoms. The monoisotopic (exact) mass is 495 g/mol. The van der Waals surface area contributed by atoms with Crippen molar-refractivity contribution in [2.75, 3.05) is 11.9 Å². The Kier molecular flexibility index (Phi) is 8.76. The van der Waals surface area contributed by atoms with Gasteiger partial charge in [-0.2, -0.15) is 0 Å². The van der Waals surface area contributed by atoms with Crippen molar-refractivity contribution in [2.45, 2.75) is 40.5 Å². The standard InChI is InChI=1S/C27H30FN3O3S/c1-6-17(4)20(16-31(7-2)8-3)25-15-22-27(35-25)24(11-12-29-22)34-23-10-9-19(14-21(23)28)30-26(33)13-18(5)32/h7,9-12,14-17H,2,6,8,13H2,1,3-5H3,(H,30,33)/b20-16+. The second-order valence-electron chi connectivity index (χ2n) is 8.22. The highest BCUT2D eigenvalue weighted by atomic mass is 32.1. The Morgan fingerprint density at radius 2 is 2.03 bits per heavy atom. The molecule has 1 atom stereocenters. The minimum Gasteiger partial charge on any atom is -0.453 e. The molecule has 184 valence electrons. The summed E-state index contributed by atoms with van der Waals surface area (Å²) in [5.74, 6) is -0.535. The van der Waals surface area contributed by atoms with Crippen LogP contribution in [0, 0.1) is 11.7 Å². The molecule has 1 unspecified atom stereocenters. The summed E-state index contributed by atoms with van der Waals surface area (Å²) in [5, 5.41) is 2.51. The number of pyridine rings is 1. The van der Waals surface area contributed by atoms with E-state index in [0.717, 1.165) is 28.1 Å². The summed E-state index contributed by atoms with van der Waals surface area (Å²) in [6, 6.07) is 7.90. The fourth-order valence-electron chi connectivity index (χ4n) is 3.45. The average molecular weight is 496 g/mol. The maximum Gasteiger partial charge on any atom is 0.231 e. The Balaban J connectivity index is 1.92. The van der Waals surface area contributed by atoms with Gasteiger partial charge in [0, 0.05) is 41.6 Å². The topological polar surface area (TPSA) is 71.5 Å². The maximum absolute atomic E-state index is 14.8. The Labute approximate surface area is 209 Å². The Morgan fingerprint density at radius 3 is 2.66 bits per heavy atom. The van der Waals surface area contributed by atoms with Crippen LogP contribution in [0.1, 0.15) is 45.4 Å². The van der Waals surface area contributed by atoms with Crippen LogP contribution in [-0.4, -0.2) is 28.1 Å². The van der Waals surface area contributed by atoms with Gasteiger partial charge < -0.3 is 15.0 Å². The lowest BCUT2D eigenvalue weighted by molar-refractivity contribution is -0.124. The molecule has 0 saturated carbocycles. The van der Waals surface area contributed by atoms with E-state index in [9.17, 15) is 14.0 Å². The van der Waals surface area contributed by atoms with Gasteiger partial charge in [-0.1, -0.05) is 20.4 Å². The van der Waals surface area contributed by atoms with Crippen LogP contribution in [-0.2, 0) is 9.59 Å². The lowest BCUT2D eigenvalue weighted by Crippen LogP contribution is -2.14. The molecule has 2 heterocycles. The van der Waals surface area contributed by atoms with E-state index in [1.54, 1.807) is 29.8 Å². The number of nitrogens with zero attached hydrogens (tertiary/aromatic N) is 2. The number of anilines is 1. The summed E-state index contributed by atoms with van der Waals surface area (Å²) >= 11 is 1.55. The predicted molar refractivity (Wildman–Crippen MR) is 140 cm³/mol. The number of halogens is 1. The number of hydrogen-bond donors (Lipinski definition) is 1. The second-order valence-corrected chi connectivity index (χ2v) is 9.27. The number of carbonyl (C=O) groups excluding carboxylic acids is 2. The SMILES string of the molecule is C=CN(/C=C(/c1cc2nccc(Oc3ccc(NC(=O)CC(C)=O)cc3F)c2s1)C(C)CC)CC. The van der Waals surface area contributed by atoms with Crippen LogP contribution < -0.4 is 10.1 Å². The maximum atomic E-state index is 14.8. The third-order valence-electron chi connectivity index (χ3n) is 5.55. The van der Waals surface area contributed by atoms with Gasteiger partial charge in [0.2, 0.25) is 5.91 Å². The first-order chi connectivity index (χ1) is 16.7. The van der Waals surface area contributed by atoms with E-state index in [0.29, 0.717) is 11.7 Å². The van der Waals surface area contributed by atoms with E-state index in [1.165, 1.54) is 30.7 Å². The quantitative estimate of drug-likeness (QED) is 0.290. The van der Waals surface area contributed by atoms with Gasteiger partial charge in [-0.3, -0.25) is 14.6 Å². The summed E-state index contributed by atoms with van der Waals surface area (Å²) in [6.45, 7) is 12.4. The molecule has 0 saturated heterocycles. The van der Waals surface area contributed by atoms with Crippen LogP contribution >= 0.6 is 11.3 Å². The van der Waals surface area contributed by atoms with Crippen LogP contribution in [0.3, 0.4) is 0 Å². The fourth-order valence-corrected chi connectivity index (χ4v) is 4.64. The number of hydrogen-bond acceptors (Lipinski definition) is 6. The molecule has 8 heteroatoms. The van der Waals surface area contributed by atoms with Crippen molar-refractivity contribution in [3.05, 3.63) is 66.2 Å². The molecule has 0 fully saturated rings. The number of amides is 1. The second kappa shape index (κ2) is 11.8. The predicted octanol–water partition coefficient (Wildman–Crippen LogP) is 7.00. The lowest BCUT2D eigenvalue weighted by atomic mass is 9.97. The fraction of sp³-hybridized carbons (Fsp3) is 0.296. The number of ketones is 1. The molecule has 0 aliphatic rings. The van der Waals surface area contributed by atoms with Crippen molar-refractivity contribution in [3.8, 4) is 11.5 Å². The van der Waals surface area contributed by atoms with Gasteiger partial charge in [0.1, 0.15) is 11.5 Å². The van der Waals surface area contributed by atoms with Gasteiger partial charge in [0.25, 0.3) is 0 Å². The molecule has 3 rings (SSSR count). The van der Waals surface area contributed by atoms with Gasteiger partial charge in [0.15, 0.2) is 11.6 Å². The van der Waals surface area contributed by atoms with Crippen molar-refractivity contribution in [1.82, 2.24) is 9.88 Å². The van der Waals surface area contributed by atoms with Crippen molar-refractivity contribution in [1.29, 1.82) is 0 Å². The molecule has 0 aliphatic heterocycles. The van der Waals surface area contributed by atoms with E-state index in [2.05, 4.69) is 43.9 Å². The van der Waals surface area contributed by atoms with Crippen molar-refractivity contribution in [2.24, 2.45) is 5.92 Å². The zero-order chi connectivity index (χ0) is 25.5. The van der Waals surface area contributed by atoms with E-state index < -0.39 is 11.7 Å². The minimum atomic E-state index is -0.628. The summed E-state index contributed by atoms with van der Waals surface area (Å²) in [6.07, 6.45) is 6.28. The Hall–Kier alpha value is -3.52. The van der Waals surface area contributed by atoms with Crippen molar-refractivity contribution < 1.29 is 18.7 Å². The first-order valence-corrected chi connectivity index (χ1v) is 12.3.